The molecular weight excluding hydrogens is 359 g/mol. The van der Waals surface area contributed by atoms with Crippen LogP contribution in [0.5, 0.6) is 0 Å². The van der Waals surface area contributed by atoms with Crippen LogP contribution in [0.2, 0.25) is 0 Å². The molecule has 1 aliphatic rings. The Balaban J connectivity index is 1.54. The van der Waals surface area contributed by atoms with Crippen LogP contribution in [-0.4, -0.2) is 29.9 Å². The average Bonchev–Trinajstić information content (AvgIpc) is 3.40. The second-order valence-electron chi connectivity index (χ2n) is 7.22. The van der Waals surface area contributed by atoms with E-state index in [0.717, 1.165) is 38.0 Å². The number of likely N-dealkylation sites (tertiary alicyclic amines) is 1. The van der Waals surface area contributed by atoms with Gasteiger partial charge in [-0.3, -0.25) is 9.69 Å². The number of hydrogen-bond acceptors (Lipinski definition) is 4. The number of piperidine rings is 1. The first-order chi connectivity index (χ1) is 13.6. The van der Waals surface area contributed by atoms with Gasteiger partial charge in [0.1, 0.15) is 5.82 Å². The van der Waals surface area contributed by atoms with Gasteiger partial charge in [-0.15, -0.1) is 0 Å². The van der Waals surface area contributed by atoms with E-state index in [1.807, 2.05) is 6.07 Å². The normalized spacial score (nSPS) is 15.6. The van der Waals surface area contributed by atoms with Crippen molar-refractivity contribution in [2.24, 2.45) is 0 Å². The lowest BCUT2D eigenvalue weighted by Gasteiger charge is -2.38. The van der Waals surface area contributed by atoms with Gasteiger partial charge >= 0.3 is 0 Å². The van der Waals surface area contributed by atoms with Crippen LogP contribution in [0.25, 0.3) is 0 Å². The van der Waals surface area contributed by atoms with Crippen LogP contribution in [0.4, 0.5) is 10.1 Å². The van der Waals surface area contributed by atoms with Crippen LogP contribution < -0.4 is 4.90 Å². The summed E-state index contributed by atoms with van der Waals surface area (Å²) in [6.07, 6.45) is 6.53. The van der Waals surface area contributed by atoms with Crippen molar-refractivity contribution in [1.82, 2.24) is 4.90 Å². The van der Waals surface area contributed by atoms with E-state index in [9.17, 15) is 9.18 Å². The van der Waals surface area contributed by atoms with Crippen molar-refractivity contribution >= 4 is 11.6 Å². The number of amides is 1. The minimum Gasteiger partial charge on any atom is -0.472 e. The molecule has 5 nitrogen and oxygen atoms in total. The SMILES string of the molecule is Cc1ccc(N(C(=O)c2ccco2)C2CCN(Cc3ccoc3)CC2)cc1F. The van der Waals surface area contributed by atoms with Crippen molar-refractivity contribution in [3.63, 3.8) is 0 Å². The highest BCUT2D eigenvalue weighted by molar-refractivity contribution is 6.04. The first kappa shape index (κ1) is 18.5. The third-order valence-corrected chi connectivity index (χ3v) is 5.29. The number of anilines is 1. The molecule has 4 rings (SSSR count). The summed E-state index contributed by atoms with van der Waals surface area (Å²) < 4.78 is 24.7. The zero-order valence-electron chi connectivity index (χ0n) is 15.8. The average molecular weight is 382 g/mol. The summed E-state index contributed by atoms with van der Waals surface area (Å²) in [5.74, 6) is -0.282. The highest BCUT2D eigenvalue weighted by Gasteiger charge is 2.31. The summed E-state index contributed by atoms with van der Waals surface area (Å²) in [5, 5.41) is 0. The minimum atomic E-state index is -0.313. The lowest BCUT2D eigenvalue weighted by Crippen LogP contribution is -2.47. The van der Waals surface area contributed by atoms with Crippen LogP contribution in [0.1, 0.15) is 34.5 Å². The fourth-order valence-electron chi connectivity index (χ4n) is 3.72. The van der Waals surface area contributed by atoms with E-state index in [2.05, 4.69) is 4.90 Å². The van der Waals surface area contributed by atoms with Gasteiger partial charge in [0, 0.05) is 36.9 Å². The number of carbonyl (C=O) groups is 1. The fourth-order valence-corrected chi connectivity index (χ4v) is 3.72. The lowest BCUT2D eigenvalue weighted by atomic mass is 10.0. The molecule has 6 heteroatoms. The van der Waals surface area contributed by atoms with Gasteiger partial charge in [0.15, 0.2) is 5.76 Å². The number of aryl methyl sites for hydroxylation is 1. The number of hydrogen-bond donors (Lipinski definition) is 0. The lowest BCUT2D eigenvalue weighted by molar-refractivity contribution is 0.0931. The van der Waals surface area contributed by atoms with E-state index in [-0.39, 0.29) is 23.5 Å². The zero-order valence-corrected chi connectivity index (χ0v) is 15.8. The van der Waals surface area contributed by atoms with Crippen molar-refractivity contribution < 1.29 is 18.0 Å². The molecule has 3 aromatic rings. The summed E-state index contributed by atoms with van der Waals surface area (Å²) in [4.78, 5) is 17.2. The summed E-state index contributed by atoms with van der Waals surface area (Å²) in [6, 6.07) is 10.2. The van der Waals surface area contributed by atoms with Gasteiger partial charge in [0.2, 0.25) is 0 Å². The molecule has 146 valence electrons. The molecule has 0 atom stereocenters. The Bertz CT molecular complexity index is 913. The van der Waals surface area contributed by atoms with Gasteiger partial charge in [0.25, 0.3) is 5.91 Å². The summed E-state index contributed by atoms with van der Waals surface area (Å²) in [5.41, 5.74) is 2.27. The number of nitrogens with zero attached hydrogens (tertiary/aromatic N) is 2. The second-order valence-corrected chi connectivity index (χ2v) is 7.22. The van der Waals surface area contributed by atoms with E-state index >= 15 is 0 Å². The van der Waals surface area contributed by atoms with E-state index in [1.54, 1.807) is 48.6 Å². The molecule has 1 amide bonds. The van der Waals surface area contributed by atoms with Gasteiger partial charge in [-0.2, -0.15) is 0 Å². The maximum Gasteiger partial charge on any atom is 0.294 e. The molecule has 2 aromatic heterocycles. The molecule has 0 saturated carbocycles. The molecule has 28 heavy (non-hydrogen) atoms. The molecule has 1 fully saturated rings. The number of carbonyl (C=O) groups excluding carboxylic acids is 1. The van der Waals surface area contributed by atoms with Crippen molar-refractivity contribution in [3.05, 3.63) is 77.9 Å². The predicted molar refractivity (Wildman–Crippen MR) is 104 cm³/mol. The Labute approximate surface area is 163 Å². The molecule has 0 radical (unpaired) electrons. The molecule has 0 unspecified atom stereocenters. The highest BCUT2D eigenvalue weighted by atomic mass is 19.1. The number of benzene rings is 1. The summed E-state index contributed by atoms with van der Waals surface area (Å²) in [6.45, 7) is 4.25. The van der Waals surface area contributed by atoms with E-state index in [1.165, 1.54) is 12.3 Å². The number of halogens is 1. The Morgan fingerprint density at radius 3 is 2.68 bits per heavy atom. The quantitative estimate of drug-likeness (QED) is 0.645. The van der Waals surface area contributed by atoms with Crippen LogP contribution in [-0.2, 0) is 6.54 Å². The Kier molecular flexibility index (Phi) is 5.30. The van der Waals surface area contributed by atoms with Crippen molar-refractivity contribution in [1.29, 1.82) is 0 Å². The molecule has 1 saturated heterocycles. The highest BCUT2D eigenvalue weighted by Crippen LogP contribution is 2.28. The standard InChI is InChI=1S/C22H23FN2O3/c1-16-4-5-19(13-20(16)23)25(22(26)21-3-2-11-28-21)18-6-9-24(10-7-18)14-17-8-12-27-15-17/h2-5,8,11-13,15,18H,6-7,9-10,14H2,1H3. The molecule has 0 spiro atoms. The minimum absolute atomic E-state index is 0.0136. The van der Waals surface area contributed by atoms with Crippen LogP contribution in [0, 0.1) is 12.7 Å². The van der Waals surface area contributed by atoms with Crippen molar-refractivity contribution in [3.8, 4) is 0 Å². The number of furan rings is 2. The first-order valence-electron chi connectivity index (χ1n) is 9.48. The van der Waals surface area contributed by atoms with Crippen LogP contribution in [0.3, 0.4) is 0 Å². The smallest absolute Gasteiger partial charge is 0.294 e. The maximum absolute atomic E-state index is 14.2. The number of rotatable bonds is 5. The molecular formula is C22H23FN2O3. The largest absolute Gasteiger partial charge is 0.472 e. The monoisotopic (exact) mass is 382 g/mol. The van der Waals surface area contributed by atoms with Crippen molar-refractivity contribution in [2.75, 3.05) is 18.0 Å². The maximum atomic E-state index is 14.2. The molecule has 0 aliphatic carbocycles. The van der Waals surface area contributed by atoms with E-state index in [4.69, 9.17) is 8.83 Å². The molecule has 0 bridgehead atoms. The van der Waals surface area contributed by atoms with E-state index in [0.29, 0.717) is 11.3 Å². The Morgan fingerprint density at radius 1 is 1.21 bits per heavy atom. The van der Waals surface area contributed by atoms with Gasteiger partial charge in [-0.25, -0.2) is 4.39 Å². The predicted octanol–water partition coefficient (Wildman–Crippen LogP) is 4.63. The summed E-state index contributed by atoms with van der Waals surface area (Å²) >= 11 is 0. The molecule has 1 aromatic carbocycles. The molecule has 0 N–H and O–H groups in total. The van der Waals surface area contributed by atoms with Crippen LogP contribution in [0.15, 0.2) is 64.0 Å². The van der Waals surface area contributed by atoms with Gasteiger partial charge in [-0.05, 0) is 55.7 Å². The van der Waals surface area contributed by atoms with Crippen LogP contribution >= 0.6 is 0 Å². The first-order valence-corrected chi connectivity index (χ1v) is 9.48. The van der Waals surface area contributed by atoms with Gasteiger partial charge in [-0.1, -0.05) is 6.07 Å². The molecule has 3 heterocycles. The topological polar surface area (TPSA) is 49.8 Å². The second kappa shape index (κ2) is 8.02. The Morgan fingerprint density at radius 2 is 2.04 bits per heavy atom. The fraction of sp³-hybridized carbons (Fsp3) is 0.318. The van der Waals surface area contributed by atoms with Gasteiger partial charge in [0.05, 0.1) is 18.8 Å². The van der Waals surface area contributed by atoms with Crippen molar-refractivity contribution in [2.45, 2.75) is 32.4 Å². The third-order valence-electron chi connectivity index (χ3n) is 5.29. The van der Waals surface area contributed by atoms with Gasteiger partial charge < -0.3 is 13.7 Å². The third kappa shape index (κ3) is 3.87. The molecule has 1 aliphatic heterocycles. The van der Waals surface area contributed by atoms with E-state index < -0.39 is 0 Å². The zero-order chi connectivity index (χ0) is 19.5. The Hall–Kier alpha value is -2.86. The summed E-state index contributed by atoms with van der Waals surface area (Å²) in [7, 11) is 0.